The van der Waals surface area contributed by atoms with E-state index in [1.54, 1.807) is 0 Å². The standard InChI is InChI=1S/C7H17N3O2S/c1-9(2)5-3-4-8-13(11,12)10-6-7-10/h8H,3-7H2,1-2H3. The van der Waals surface area contributed by atoms with Crippen molar-refractivity contribution in [2.75, 3.05) is 40.3 Å². The van der Waals surface area contributed by atoms with E-state index in [0.717, 1.165) is 13.0 Å². The Labute approximate surface area is 79.9 Å². The molecule has 0 spiro atoms. The Bertz CT molecular complexity index is 246. The van der Waals surface area contributed by atoms with Gasteiger partial charge in [0, 0.05) is 19.6 Å². The Morgan fingerprint density at radius 3 is 2.46 bits per heavy atom. The van der Waals surface area contributed by atoms with Gasteiger partial charge in [-0.05, 0) is 27.1 Å². The molecule has 0 aliphatic carbocycles. The summed E-state index contributed by atoms with van der Waals surface area (Å²) < 4.78 is 26.4. The van der Waals surface area contributed by atoms with Crippen LogP contribution in [0.25, 0.3) is 0 Å². The summed E-state index contributed by atoms with van der Waals surface area (Å²) >= 11 is 0. The molecule has 0 unspecified atom stereocenters. The molecular formula is C7H17N3O2S. The van der Waals surface area contributed by atoms with Crippen LogP contribution in [0.2, 0.25) is 0 Å². The minimum absolute atomic E-state index is 0.525. The molecule has 0 radical (unpaired) electrons. The highest BCUT2D eigenvalue weighted by atomic mass is 32.2. The normalized spacial score (nSPS) is 18.1. The molecule has 1 rings (SSSR count). The molecule has 0 bridgehead atoms. The van der Waals surface area contributed by atoms with Gasteiger partial charge in [-0.3, -0.25) is 0 Å². The maximum absolute atomic E-state index is 11.2. The number of nitrogens with one attached hydrogen (secondary N) is 1. The van der Waals surface area contributed by atoms with Crippen molar-refractivity contribution in [3.8, 4) is 0 Å². The molecule has 1 saturated heterocycles. The molecule has 1 aliphatic rings. The van der Waals surface area contributed by atoms with Crippen LogP contribution in [0, 0.1) is 0 Å². The van der Waals surface area contributed by atoms with Crippen LogP contribution in [0.5, 0.6) is 0 Å². The molecule has 1 aliphatic heterocycles. The molecule has 0 aromatic rings. The lowest BCUT2D eigenvalue weighted by molar-refractivity contribution is 0.399. The number of hydrogen-bond acceptors (Lipinski definition) is 3. The van der Waals surface area contributed by atoms with Crippen LogP contribution in [0.3, 0.4) is 0 Å². The maximum Gasteiger partial charge on any atom is 0.279 e. The van der Waals surface area contributed by atoms with Crippen LogP contribution in [0.1, 0.15) is 6.42 Å². The largest absolute Gasteiger partial charge is 0.309 e. The Kier molecular flexibility index (Phi) is 3.66. The Morgan fingerprint density at radius 1 is 1.38 bits per heavy atom. The van der Waals surface area contributed by atoms with E-state index in [9.17, 15) is 8.42 Å². The van der Waals surface area contributed by atoms with Gasteiger partial charge in [0.1, 0.15) is 0 Å². The molecule has 1 fully saturated rings. The lowest BCUT2D eigenvalue weighted by atomic mass is 10.4. The SMILES string of the molecule is CN(C)CCCNS(=O)(=O)N1CC1. The van der Waals surface area contributed by atoms with E-state index in [2.05, 4.69) is 4.72 Å². The summed E-state index contributed by atoms with van der Waals surface area (Å²) in [6.45, 7) is 2.77. The van der Waals surface area contributed by atoms with Gasteiger partial charge < -0.3 is 4.90 Å². The quantitative estimate of drug-likeness (QED) is 0.453. The predicted octanol–water partition coefficient (Wildman–Crippen LogP) is -0.912. The second-order valence-corrected chi connectivity index (χ2v) is 5.21. The van der Waals surface area contributed by atoms with Crippen molar-refractivity contribution in [1.82, 2.24) is 13.9 Å². The molecule has 0 saturated carbocycles. The summed E-state index contributed by atoms with van der Waals surface area (Å²) in [5.74, 6) is 0. The fourth-order valence-corrected chi connectivity index (χ4v) is 2.12. The van der Waals surface area contributed by atoms with Crippen molar-refractivity contribution in [1.29, 1.82) is 0 Å². The van der Waals surface area contributed by atoms with Gasteiger partial charge in [-0.15, -0.1) is 0 Å². The highest BCUT2D eigenvalue weighted by Crippen LogP contribution is 2.08. The first kappa shape index (κ1) is 10.9. The highest BCUT2D eigenvalue weighted by molar-refractivity contribution is 7.87. The van der Waals surface area contributed by atoms with Gasteiger partial charge in [0.15, 0.2) is 0 Å². The van der Waals surface area contributed by atoms with Gasteiger partial charge >= 0.3 is 0 Å². The highest BCUT2D eigenvalue weighted by Gasteiger charge is 2.30. The molecule has 5 nitrogen and oxygen atoms in total. The van der Waals surface area contributed by atoms with Crippen LogP contribution < -0.4 is 4.72 Å². The third-order valence-corrected chi connectivity index (χ3v) is 3.43. The molecule has 1 N–H and O–H groups in total. The molecule has 78 valence electrons. The molecule has 6 heteroatoms. The molecule has 1 heterocycles. The van der Waals surface area contributed by atoms with Crippen LogP contribution in [-0.4, -0.2) is 57.9 Å². The van der Waals surface area contributed by atoms with Crippen LogP contribution in [0.15, 0.2) is 0 Å². The maximum atomic E-state index is 11.2. The Balaban J connectivity index is 2.11. The van der Waals surface area contributed by atoms with E-state index >= 15 is 0 Å². The minimum atomic E-state index is -3.12. The van der Waals surface area contributed by atoms with Crippen molar-refractivity contribution in [3.05, 3.63) is 0 Å². The van der Waals surface area contributed by atoms with Gasteiger partial charge in [-0.1, -0.05) is 0 Å². The average molecular weight is 207 g/mol. The van der Waals surface area contributed by atoms with Gasteiger partial charge in [0.05, 0.1) is 0 Å². The average Bonchev–Trinajstić information content (AvgIpc) is 2.79. The van der Waals surface area contributed by atoms with Crippen LogP contribution >= 0.6 is 0 Å². The number of rotatable bonds is 6. The van der Waals surface area contributed by atoms with Crippen molar-refractivity contribution in [3.63, 3.8) is 0 Å². The summed E-state index contributed by atoms with van der Waals surface area (Å²) in [6, 6.07) is 0. The predicted molar refractivity (Wildman–Crippen MR) is 51.7 cm³/mol. The summed E-state index contributed by atoms with van der Waals surface area (Å²) in [5, 5.41) is 0. The van der Waals surface area contributed by atoms with Gasteiger partial charge in [0.2, 0.25) is 0 Å². The van der Waals surface area contributed by atoms with E-state index < -0.39 is 10.2 Å². The second-order valence-electron chi connectivity index (χ2n) is 3.46. The summed E-state index contributed by atoms with van der Waals surface area (Å²) in [4.78, 5) is 2.03. The minimum Gasteiger partial charge on any atom is -0.309 e. The zero-order valence-corrected chi connectivity index (χ0v) is 8.97. The zero-order valence-electron chi connectivity index (χ0n) is 8.15. The van der Waals surface area contributed by atoms with E-state index in [-0.39, 0.29) is 0 Å². The summed E-state index contributed by atoms with van der Waals surface area (Å²) in [5.41, 5.74) is 0. The van der Waals surface area contributed by atoms with Gasteiger partial charge in [0.25, 0.3) is 10.2 Å². The Hall–Kier alpha value is -0.170. The van der Waals surface area contributed by atoms with E-state index in [0.29, 0.717) is 19.6 Å². The molecule has 0 atom stereocenters. The fourth-order valence-electron chi connectivity index (χ4n) is 0.969. The molecule has 0 aromatic heterocycles. The topological polar surface area (TPSA) is 52.4 Å². The lowest BCUT2D eigenvalue weighted by Crippen LogP contribution is -2.31. The molecular weight excluding hydrogens is 190 g/mol. The zero-order chi connectivity index (χ0) is 9.90. The van der Waals surface area contributed by atoms with Crippen molar-refractivity contribution < 1.29 is 8.42 Å². The molecule has 0 aromatic carbocycles. The first-order valence-electron chi connectivity index (χ1n) is 4.42. The van der Waals surface area contributed by atoms with E-state index in [1.165, 1.54) is 4.31 Å². The Morgan fingerprint density at radius 2 is 2.00 bits per heavy atom. The van der Waals surface area contributed by atoms with Gasteiger partial charge in [-0.2, -0.15) is 12.7 Å². The number of hydrogen-bond donors (Lipinski definition) is 1. The lowest BCUT2D eigenvalue weighted by Gasteiger charge is -2.10. The van der Waals surface area contributed by atoms with Crippen LogP contribution in [0.4, 0.5) is 0 Å². The monoisotopic (exact) mass is 207 g/mol. The van der Waals surface area contributed by atoms with Gasteiger partial charge in [-0.25, -0.2) is 4.72 Å². The first-order valence-corrected chi connectivity index (χ1v) is 5.86. The second kappa shape index (κ2) is 4.36. The molecule has 13 heavy (non-hydrogen) atoms. The first-order chi connectivity index (χ1) is 6.02. The number of nitrogens with zero attached hydrogens (tertiary/aromatic N) is 2. The fraction of sp³-hybridized carbons (Fsp3) is 1.00. The van der Waals surface area contributed by atoms with Crippen molar-refractivity contribution in [2.24, 2.45) is 0 Å². The molecule has 0 amide bonds. The van der Waals surface area contributed by atoms with Crippen molar-refractivity contribution in [2.45, 2.75) is 6.42 Å². The third kappa shape index (κ3) is 4.04. The van der Waals surface area contributed by atoms with Crippen LogP contribution in [-0.2, 0) is 10.2 Å². The van der Waals surface area contributed by atoms with E-state index in [1.807, 2.05) is 19.0 Å². The van der Waals surface area contributed by atoms with E-state index in [4.69, 9.17) is 0 Å². The smallest absolute Gasteiger partial charge is 0.279 e. The summed E-state index contributed by atoms with van der Waals surface area (Å²) in [7, 11) is 0.822. The van der Waals surface area contributed by atoms with Crippen molar-refractivity contribution >= 4 is 10.2 Å². The summed E-state index contributed by atoms with van der Waals surface area (Å²) in [6.07, 6.45) is 0.847. The third-order valence-electron chi connectivity index (χ3n) is 1.81.